The zero-order valence-corrected chi connectivity index (χ0v) is 8.34. The van der Waals surface area contributed by atoms with Gasteiger partial charge in [0.05, 0.1) is 0 Å². The highest BCUT2D eigenvalue weighted by Crippen LogP contribution is 2.10. The van der Waals surface area contributed by atoms with E-state index in [0.29, 0.717) is 0 Å². The van der Waals surface area contributed by atoms with Crippen molar-refractivity contribution in [1.29, 1.82) is 0 Å². The van der Waals surface area contributed by atoms with E-state index in [0.717, 1.165) is 12.0 Å². The van der Waals surface area contributed by atoms with Crippen LogP contribution in [0.15, 0.2) is 12.2 Å². The topological polar surface area (TPSA) is 12.0 Å². The van der Waals surface area contributed by atoms with Gasteiger partial charge in [0.2, 0.25) is 0 Å². The molecule has 0 aliphatic heterocycles. The average Bonchev–Trinajstić information content (AvgIpc) is 2.53. The lowest BCUT2D eigenvalue weighted by molar-refractivity contribution is 0.433. The van der Waals surface area contributed by atoms with Gasteiger partial charge >= 0.3 is 0 Å². The summed E-state index contributed by atoms with van der Waals surface area (Å²) in [7, 11) is 0. The van der Waals surface area contributed by atoms with E-state index in [1.165, 1.54) is 32.2 Å². The van der Waals surface area contributed by atoms with Crippen molar-refractivity contribution in [2.24, 2.45) is 5.92 Å². The van der Waals surface area contributed by atoms with Gasteiger partial charge in [-0.05, 0) is 31.7 Å². The lowest BCUT2D eigenvalue weighted by Gasteiger charge is -2.16. The molecule has 0 saturated carbocycles. The van der Waals surface area contributed by atoms with Crippen LogP contribution < -0.4 is 5.32 Å². The Bertz CT molecular complexity index is 132. The molecule has 70 valence electrons. The minimum atomic E-state index is 0.740. The first kappa shape index (κ1) is 9.79. The Balaban J connectivity index is 2.00. The summed E-state index contributed by atoms with van der Waals surface area (Å²) in [6.07, 6.45) is 9.70. The molecule has 1 atom stereocenters. The standard InChI is InChI=1S/C11H21N/c1-3-6-10(2)9-12-11-7-4-5-8-11/h4-5,10-12H,3,6-9H2,1-2H3. The van der Waals surface area contributed by atoms with E-state index in [4.69, 9.17) is 0 Å². The molecule has 0 spiro atoms. The zero-order chi connectivity index (χ0) is 8.81. The van der Waals surface area contributed by atoms with E-state index >= 15 is 0 Å². The van der Waals surface area contributed by atoms with Gasteiger partial charge in [0.1, 0.15) is 0 Å². The third-order valence-electron chi connectivity index (χ3n) is 2.54. The van der Waals surface area contributed by atoms with Crippen LogP contribution in [0.2, 0.25) is 0 Å². The Kier molecular flexibility index (Phi) is 4.37. The van der Waals surface area contributed by atoms with Gasteiger partial charge in [-0.25, -0.2) is 0 Å². The Labute approximate surface area is 76.2 Å². The normalized spacial score (nSPS) is 20.2. The van der Waals surface area contributed by atoms with Crippen LogP contribution in [-0.2, 0) is 0 Å². The third-order valence-corrected chi connectivity index (χ3v) is 2.54. The molecule has 0 saturated heterocycles. The summed E-state index contributed by atoms with van der Waals surface area (Å²) >= 11 is 0. The minimum Gasteiger partial charge on any atom is -0.313 e. The summed E-state index contributed by atoms with van der Waals surface area (Å²) in [6.45, 7) is 5.78. The van der Waals surface area contributed by atoms with Crippen molar-refractivity contribution in [2.75, 3.05) is 6.54 Å². The third kappa shape index (κ3) is 3.40. The number of rotatable bonds is 5. The van der Waals surface area contributed by atoms with Crippen LogP contribution in [0.3, 0.4) is 0 Å². The van der Waals surface area contributed by atoms with Gasteiger partial charge in [-0.3, -0.25) is 0 Å². The van der Waals surface area contributed by atoms with Crippen LogP contribution in [0.1, 0.15) is 39.5 Å². The summed E-state index contributed by atoms with van der Waals surface area (Å²) in [6, 6.07) is 0.740. The highest BCUT2D eigenvalue weighted by Gasteiger charge is 2.09. The van der Waals surface area contributed by atoms with E-state index in [-0.39, 0.29) is 0 Å². The van der Waals surface area contributed by atoms with Crippen molar-refractivity contribution in [1.82, 2.24) is 5.32 Å². The quantitative estimate of drug-likeness (QED) is 0.621. The lowest BCUT2D eigenvalue weighted by atomic mass is 10.1. The molecular formula is C11H21N. The largest absolute Gasteiger partial charge is 0.313 e. The zero-order valence-electron chi connectivity index (χ0n) is 8.34. The monoisotopic (exact) mass is 167 g/mol. The average molecular weight is 167 g/mol. The molecule has 1 nitrogen and oxygen atoms in total. The molecule has 0 amide bonds. The Morgan fingerprint density at radius 3 is 2.67 bits per heavy atom. The van der Waals surface area contributed by atoms with Gasteiger partial charge in [-0.2, -0.15) is 0 Å². The Morgan fingerprint density at radius 2 is 2.08 bits per heavy atom. The summed E-state index contributed by atoms with van der Waals surface area (Å²) in [4.78, 5) is 0. The minimum absolute atomic E-state index is 0.740. The summed E-state index contributed by atoms with van der Waals surface area (Å²) in [5, 5.41) is 3.60. The SMILES string of the molecule is CCCC(C)CNC1CC=CC1. The number of hydrogen-bond donors (Lipinski definition) is 1. The van der Waals surface area contributed by atoms with Crippen molar-refractivity contribution >= 4 is 0 Å². The van der Waals surface area contributed by atoms with E-state index < -0.39 is 0 Å². The molecule has 1 aliphatic carbocycles. The first-order valence-electron chi connectivity index (χ1n) is 5.21. The smallest absolute Gasteiger partial charge is 0.0136 e. The fourth-order valence-corrected chi connectivity index (χ4v) is 1.75. The summed E-state index contributed by atoms with van der Waals surface area (Å²) < 4.78 is 0. The molecule has 1 heteroatoms. The first-order chi connectivity index (χ1) is 5.83. The molecule has 1 rings (SSSR count). The summed E-state index contributed by atoms with van der Waals surface area (Å²) in [5.41, 5.74) is 0. The van der Waals surface area contributed by atoms with E-state index in [2.05, 4.69) is 31.3 Å². The van der Waals surface area contributed by atoms with Crippen molar-refractivity contribution in [3.05, 3.63) is 12.2 Å². The first-order valence-corrected chi connectivity index (χ1v) is 5.21. The molecule has 0 heterocycles. The maximum Gasteiger partial charge on any atom is 0.0136 e. The van der Waals surface area contributed by atoms with Crippen molar-refractivity contribution in [3.63, 3.8) is 0 Å². The summed E-state index contributed by atoms with van der Waals surface area (Å²) in [5.74, 6) is 0.843. The van der Waals surface area contributed by atoms with Gasteiger partial charge in [0.25, 0.3) is 0 Å². The number of hydrogen-bond acceptors (Lipinski definition) is 1. The highest BCUT2D eigenvalue weighted by atomic mass is 14.9. The number of nitrogens with one attached hydrogen (secondary N) is 1. The fourth-order valence-electron chi connectivity index (χ4n) is 1.75. The van der Waals surface area contributed by atoms with Crippen LogP contribution in [0.25, 0.3) is 0 Å². The maximum absolute atomic E-state index is 3.60. The molecule has 1 N–H and O–H groups in total. The second-order valence-electron chi connectivity index (χ2n) is 3.94. The van der Waals surface area contributed by atoms with Crippen LogP contribution in [0.5, 0.6) is 0 Å². The Hall–Kier alpha value is -0.300. The van der Waals surface area contributed by atoms with Crippen LogP contribution in [-0.4, -0.2) is 12.6 Å². The van der Waals surface area contributed by atoms with Crippen LogP contribution in [0.4, 0.5) is 0 Å². The van der Waals surface area contributed by atoms with E-state index in [1.807, 2.05) is 0 Å². The second-order valence-corrected chi connectivity index (χ2v) is 3.94. The predicted molar refractivity (Wildman–Crippen MR) is 54.2 cm³/mol. The molecule has 0 aromatic rings. The second kappa shape index (κ2) is 5.36. The van der Waals surface area contributed by atoms with E-state index in [1.54, 1.807) is 0 Å². The van der Waals surface area contributed by atoms with Crippen LogP contribution in [0, 0.1) is 5.92 Å². The molecule has 0 bridgehead atoms. The molecule has 1 aliphatic rings. The van der Waals surface area contributed by atoms with Gasteiger partial charge in [0, 0.05) is 6.04 Å². The molecule has 0 radical (unpaired) electrons. The molecule has 12 heavy (non-hydrogen) atoms. The molecular weight excluding hydrogens is 146 g/mol. The van der Waals surface area contributed by atoms with E-state index in [9.17, 15) is 0 Å². The maximum atomic E-state index is 3.60. The fraction of sp³-hybridized carbons (Fsp3) is 0.818. The molecule has 0 aromatic carbocycles. The van der Waals surface area contributed by atoms with Crippen molar-refractivity contribution < 1.29 is 0 Å². The Morgan fingerprint density at radius 1 is 1.42 bits per heavy atom. The highest BCUT2D eigenvalue weighted by molar-refractivity contribution is 4.97. The van der Waals surface area contributed by atoms with Gasteiger partial charge in [0.15, 0.2) is 0 Å². The molecule has 0 aromatic heterocycles. The van der Waals surface area contributed by atoms with Gasteiger partial charge in [-0.1, -0.05) is 32.4 Å². The molecule has 1 unspecified atom stereocenters. The van der Waals surface area contributed by atoms with Crippen molar-refractivity contribution in [2.45, 2.75) is 45.6 Å². The molecule has 0 fully saturated rings. The predicted octanol–water partition coefficient (Wildman–Crippen LogP) is 2.73. The lowest BCUT2D eigenvalue weighted by Crippen LogP contribution is -2.30. The van der Waals surface area contributed by atoms with Crippen molar-refractivity contribution in [3.8, 4) is 0 Å². The van der Waals surface area contributed by atoms with Gasteiger partial charge < -0.3 is 5.32 Å². The van der Waals surface area contributed by atoms with Gasteiger partial charge in [-0.15, -0.1) is 0 Å². The van der Waals surface area contributed by atoms with Crippen LogP contribution >= 0.6 is 0 Å².